The van der Waals surface area contributed by atoms with Gasteiger partial charge in [-0.3, -0.25) is 0 Å². The maximum absolute atomic E-state index is 5.53. The van der Waals surface area contributed by atoms with E-state index in [9.17, 15) is 0 Å². The fourth-order valence-corrected chi connectivity index (χ4v) is 2.54. The van der Waals surface area contributed by atoms with Gasteiger partial charge in [0.25, 0.3) is 0 Å². The lowest BCUT2D eigenvalue weighted by molar-refractivity contribution is 0.427. The predicted molar refractivity (Wildman–Crippen MR) is 79.4 cm³/mol. The van der Waals surface area contributed by atoms with Gasteiger partial charge in [-0.25, -0.2) is 4.98 Å². The van der Waals surface area contributed by atoms with Gasteiger partial charge in [0, 0.05) is 19.4 Å². The topological polar surface area (TPSA) is 43.0 Å². The lowest BCUT2D eigenvalue weighted by atomic mass is 10.2. The van der Waals surface area contributed by atoms with Gasteiger partial charge in [-0.2, -0.15) is 11.8 Å². The first-order chi connectivity index (χ1) is 9.33. The van der Waals surface area contributed by atoms with Gasteiger partial charge in [-0.05, 0) is 43.5 Å². The zero-order valence-corrected chi connectivity index (χ0v) is 12.3. The van der Waals surface area contributed by atoms with E-state index in [4.69, 9.17) is 4.42 Å². The van der Waals surface area contributed by atoms with E-state index in [-0.39, 0.29) is 6.04 Å². The number of unbranched alkanes of at least 4 members (excludes halogenated alkanes) is 1. The first kappa shape index (κ1) is 14.2. The Balaban J connectivity index is 1.98. The van der Waals surface area contributed by atoms with Gasteiger partial charge in [0.15, 0.2) is 0 Å². The van der Waals surface area contributed by atoms with Crippen molar-refractivity contribution in [1.82, 2.24) is 14.9 Å². The molecule has 0 radical (unpaired) electrons. The molecule has 4 nitrogen and oxygen atoms in total. The maximum Gasteiger partial charge on any atom is 0.133 e. The highest BCUT2D eigenvalue weighted by atomic mass is 32.2. The molecule has 5 heteroatoms. The Morgan fingerprint density at radius 1 is 1.47 bits per heavy atom. The minimum absolute atomic E-state index is 0.0317. The number of hydrogen-bond donors (Lipinski definition) is 1. The minimum atomic E-state index is 0.0317. The molecule has 104 valence electrons. The van der Waals surface area contributed by atoms with Gasteiger partial charge in [0.1, 0.15) is 17.6 Å². The molecule has 0 saturated heterocycles. The lowest BCUT2D eigenvalue weighted by Crippen LogP contribution is -2.25. The van der Waals surface area contributed by atoms with Crippen LogP contribution in [-0.2, 0) is 7.05 Å². The van der Waals surface area contributed by atoms with Crippen molar-refractivity contribution in [2.75, 3.05) is 18.6 Å². The highest BCUT2D eigenvalue weighted by Crippen LogP contribution is 2.20. The van der Waals surface area contributed by atoms with E-state index in [0.717, 1.165) is 18.1 Å². The molecule has 1 atom stereocenters. The number of aromatic nitrogens is 2. The fraction of sp³-hybridized carbons (Fsp3) is 0.500. The van der Waals surface area contributed by atoms with Crippen LogP contribution >= 0.6 is 11.8 Å². The maximum atomic E-state index is 5.53. The van der Waals surface area contributed by atoms with Crippen LogP contribution in [-0.4, -0.2) is 28.1 Å². The average molecular weight is 279 g/mol. The van der Waals surface area contributed by atoms with Crippen molar-refractivity contribution in [2.45, 2.75) is 18.9 Å². The van der Waals surface area contributed by atoms with Crippen LogP contribution < -0.4 is 5.32 Å². The summed E-state index contributed by atoms with van der Waals surface area (Å²) in [5.41, 5.74) is 0. The van der Waals surface area contributed by atoms with Crippen molar-refractivity contribution in [1.29, 1.82) is 0 Å². The van der Waals surface area contributed by atoms with Crippen molar-refractivity contribution >= 4 is 11.8 Å². The Bertz CT molecular complexity index is 467. The van der Waals surface area contributed by atoms with E-state index in [1.165, 1.54) is 18.6 Å². The van der Waals surface area contributed by atoms with Gasteiger partial charge in [-0.15, -0.1) is 0 Å². The van der Waals surface area contributed by atoms with Crippen molar-refractivity contribution in [3.63, 3.8) is 0 Å². The fourth-order valence-electron chi connectivity index (χ4n) is 2.05. The predicted octanol–water partition coefficient (Wildman–Crippen LogP) is 2.84. The van der Waals surface area contributed by atoms with Crippen LogP contribution in [0.25, 0.3) is 0 Å². The first-order valence-corrected chi connectivity index (χ1v) is 7.95. The third kappa shape index (κ3) is 3.88. The van der Waals surface area contributed by atoms with Gasteiger partial charge < -0.3 is 14.3 Å². The largest absolute Gasteiger partial charge is 0.467 e. The zero-order chi connectivity index (χ0) is 13.5. The van der Waals surface area contributed by atoms with E-state index in [2.05, 4.69) is 16.6 Å². The summed E-state index contributed by atoms with van der Waals surface area (Å²) < 4.78 is 7.56. The normalized spacial score (nSPS) is 12.7. The molecule has 2 aromatic heterocycles. The second kappa shape index (κ2) is 7.40. The molecule has 0 aliphatic heterocycles. The monoisotopic (exact) mass is 279 g/mol. The van der Waals surface area contributed by atoms with E-state index in [0.29, 0.717) is 0 Å². The highest BCUT2D eigenvalue weighted by Gasteiger charge is 2.19. The third-order valence-corrected chi connectivity index (χ3v) is 3.76. The summed E-state index contributed by atoms with van der Waals surface area (Å²) in [6.45, 7) is 0.971. The summed E-state index contributed by atoms with van der Waals surface area (Å²) in [5.74, 6) is 3.12. The molecule has 1 N–H and O–H groups in total. The molecule has 0 saturated carbocycles. The quantitative estimate of drug-likeness (QED) is 0.755. The van der Waals surface area contributed by atoms with Crippen LogP contribution in [0.5, 0.6) is 0 Å². The number of imidazole rings is 1. The van der Waals surface area contributed by atoms with Crippen LogP contribution in [0, 0.1) is 0 Å². The lowest BCUT2D eigenvalue weighted by Gasteiger charge is -2.16. The molecular weight excluding hydrogens is 258 g/mol. The van der Waals surface area contributed by atoms with Gasteiger partial charge >= 0.3 is 0 Å². The molecular formula is C14H21N3OS. The molecule has 0 spiro atoms. The van der Waals surface area contributed by atoms with Gasteiger partial charge in [0.2, 0.25) is 0 Å². The van der Waals surface area contributed by atoms with Crippen LogP contribution in [0.3, 0.4) is 0 Å². The molecule has 0 aromatic carbocycles. The summed E-state index contributed by atoms with van der Waals surface area (Å²) in [4.78, 5) is 4.42. The summed E-state index contributed by atoms with van der Waals surface area (Å²) >= 11 is 1.90. The smallest absolute Gasteiger partial charge is 0.133 e. The molecule has 0 fully saturated rings. The van der Waals surface area contributed by atoms with Crippen molar-refractivity contribution in [3.05, 3.63) is 42.4 Å². The second-order valence-corrected chi connectivity index (χ2v) is 5.48. The minimum Gasteiger partial charge on any atom is -0.467 e. The second-order valence-electron chi connectivity index (χ2n) is 4.50. The van der Waals surface area contributed by atoms with Crippen molar-refractivity contribution in [2.24, 2.45) is 7.05 Å². The Labute approximate surface area is 118 Å². The number of furan rings is 1. The molecule has 0 amide bonds. The van der Waals surface area contributed by atoms with E-state index < -0.39 is 0 Å². The van der Waals surface area contributed by atoms with E-state index in [1.807, 2.05) is 47.9 Å². The van der Waals surface area contributed by atoms with E-state index >= 15 is 0 Å². The Hall–Kier alpha value is -1.20. The number of hydrogen-bond acceptors (Lipinski definition) is 4. The molecule has 2 heterocycles. The molecule has 1 unspecified atom stereocenters. The Morgan fingerprint density at radius 3 is 3.00 bits per heavy atom. The van der Waals surface area contributed by atoms with Crippen molar-refractivity contribution < 1.29 is 4.42 Å². The standard InChI is InChI=1S/C14H21N3OS/c1-17-9-8-16-14(17)13(12-6-5-10-18-12)15-7-3-4-11-19-2/h5-6,8-10,13,15H,3-4,7,11H2,1-2H3. The van der Waals surface area contributed by atoms with Crippen LogP contribution in [0.4, 0.5) is 0 Å². The highest BCUT2D eigenvalue weighted by molar-refractivity contribution is 7.98. The Morgan fingerprint density at radius 2 is 2.37 bits per heavy atom. The molecule has 0 aliphatic carbocycles. The number of nitrogens with one attached hydrogen (secondary N) is 1. The average Bonchev–Trinajstić information content (AvgIpc) is 3.06. The van der Waals surface area contributed by atoms with Crippen molar-refractivity contribution in [3.8, 4) is 0 Å². The number of thioether (sulfide) groups is 1. The molecule has 0 bridgehead atoms. The third-order valence-electron chi connectivity index (χ3n) is 3.07. The molecule has 19 heavy (non-hydrogen) atoms. The van der Waals surface area contributed by atoms with Crippen LogP contribution in [0.1, 0.15) is 30.5 Å². The van der Waals surface area contributed by atoms with Gasteiger partial charge in [0.05, 0.1) is 6.26 Å². The summed E-state index contributed by atoms with van der Waals surface area (Å²) in [6, 6.07) is 3.94. The zero-order valence-electron chi connectivity index (χ0n) is 11.5. The first-order valence-electron chi connectivity index (χ1n) is 6.56. The number of nitrogens with zero attached hydrogens (tertiary/aromatic N) is 2. The van der Waals surface area contributed by atoms with Crippen LogP contribution in [0.2, 0.25) is 0 Å². The van der Waals surface area contributed by atoms with Crippen LogP contribution in [0.15, 0.2) is 35.2 Å². The summed E-state index contributed by atoms with van der Waals surface area (Å²) in [6.07, 6.45) is 10.0. The Kier molecular flexibility index (Phi) is 5.54. The summed E-state index contributed by atoms with van der Waals surface area (Å²) in [7, 11) is 2.01. The van der Waals surface area contributed by atoms with Gasteiger partial charge in [-0.1, -0.05) is 0 Å². The number of rotatable bonds is 8. The SMILES string of the molecule is CSCCCCNC(c1ccco1)c1nccn1C. The molecule has 2 rings (SSSR count). The number of aryl methyl sites for hydroxylation is 1. The molecule has 2 aromatic rings. The van der Waals surface area contributed by atoms with E-state index in [1.54, 1.807) is 6.26 Å². The summed E-state index contributed by atoms with van der Waals surface area (Å²) in [5, 5.41) is 3.54. The molecule has 0 aliphatic rings.